The summed E-state index contributed by atoms with van der Waals surface area (Å²) in [6, 6.07) is 14.0. The molecule has 0 saturated carbocycles. The van der Waals surface area contributed by atoms with Crippen molar-refractivity contribution in [1.29, 1.82) is 0 Å². The number of aliphatic hydroxyl groups is 1. The SMILES string of the molecule is CCC(C)C(C(=O)NC(Cc1ccccc1)C(O)CN(Cc1ccc(OC)cc1)NC(=O)C(NC(=O)OC)C(C)(C)C)N1CCN(Cc2csc(C(C)C)n2)C1=O. The lowest BCUT2D eigenvalue weighted by molar-refractivity contribution is -0.132. The van der Waals surface area contributed by atoms with Crippen molar-refractivity contribution in [2.45, 2.75) is 105 Å². The van der Waals surface area contributed by atoms with Crippen LogP contribution in [0.5, 0.6) is 5.75 Å². The molecule has 1 aliphatic heterocycles. The molecule has 3 aromatic rings. The summed E-state index contributed by atoms with van der Waals surface area (Å²) < 4.78 is 10.1. The fraction of sp³-hybridized carbons (Fsp3) is 0.548. The Morgan fingerprint density at radius 3 is 2.23 bits per heavy atom. The van der Waals surface area contributed by atoms with Crippen LogP contribution in [0.15, 0.2) is 60.0 Å². The van der Waals surface area contributed by atoms with E-state index < -0.39 is 41.6 Å². The zero-order valence-corrected chi connectivity index (χ0v) is 35.6. The molecule has 5 amide bonds. The van der Waals surface area contributed by atoms with Gasteiger partial charge in [-0.25, -0.2) is 19.6 Å². The van der Waals surface area contributed by atoms with Crippen LogP contribution in [-0.4, -0.2) is 107 Å². The molecule has 1 saturated heterocycles. The zero-order valence-electron chi connectivity index (χ0n) is 34.8. The Morgan fingerprint density at radius 2 is 1.65 bits per heavy atom. The number of methoxy groups -OCH3 is 2. The first kappa shape index (κ1) is 45.0. The van der Waals surface area contributed by atoms with E-state index in [-0.39, 0.29) is 37.4 Å². The molecule has 1 aliphatic rings. The number of nitrogens with one attached hydrogen (secondary N) is 3. The zero-order chi connectivity index (χ0) is 41.9. The molecule has 2 aromatic carbocycles. The average molecular weight is 808 g/mol. The number of hydrazine groups is 1. The van der Waals surface area contributed by atoms with Gasteiger partial charge in [-0.15, -0.1) is 11.3 Å². The fourth-order valence-electron chi connectivity index (χ4n) is 6.74. The number of urea groups is 1. The van der Waals surface area contributed by atoms with Crippen molar-refractivity contribution in [3.8, 4) is 5.75 Å². The van der Waals surface area contributed by atoms with Crippen molar-refractivity contribution in [2.75, 3.05) is 33.9 Å². The number of alkyl carbamates (subject to hydrolysis) is 1. The highest BCUT2D eigenvalue weighted by Crippen LogP contribution is 2.26. The molecule has 5 atom stereocenters. The highest BCUT2D eigenvalue weighted by atomic mass is 32.1. The van der Waals surface area contributed by atoms with Crippen LogP contribution in [0.4, 0.5) is 9.59 Å². The summed E-state index contributed by atoms with van der Waals surface area (Å²) in [6.45, 7) is 14.9. The molecule has 1 fully saturated rings. The lowest BCUT2D eigenvalue weighted by Crippen LogP contribution is -2.60. The van der Waals surface area contributed by atoms with Crippen LogP contribution in [0.1, 0.15) is 82.6 Å². The number of thiazole rings is 1. The molecule has 5 unspecified atom stereocenters. The Balaban J connectivity index is 1.60. The number of hydrogen-bond acceptors (Lipinski definition) is 10. The van der Waals surface area contributed by atoms with Gasteiger partial charge in [0, 0.05) is 37.5 Å². The molecule has 0 spiro atoms. The largest absolute Gasteiger partial charge is 0.497 e. The molecule has 1 aromatic heterocycles. The Labute approximate surface area is 341 Å². The van der Waals surface area contributed by atoms with Crippen molar-refractivity contribution in [3.63, 3.8) is 0 Å². The molecule has 2 heterocycles. The smallest absolute Gasteiger partial charge is 0.407 e. The molecule has 0 aliphatic carbocycles. The summed E-state index contributed by atoms with van der Waals surface area (Å²) in [5.74, 6) is -0.103. The first-order valence-electron chi connectivity index (χ1n) is 19.6. The van der Waals surface area contributed by atoms with E-state index in [1.807, 2.05) is 82.5 Å². The van der Waals surface area contributed by atoms with Gasteiger partial charge in [-0.1, -0.05) is 97.4 Å². The molecule has 312 valence electrons. The maximum atomic E-state index is 14.5. The number of hydrogen-bond donors (Lipinski definition) is 4. The van der Waals surface area contributed by atoms with Gasteiger partial charge in [0.1, 0.15) is 17.8 Å². The summed E-state index contributed by atoms with van der Waals surface area (Å²) in [5, 5.41) is 22.4. The number of carbonyl (C=O) groups excluding carboxylic acids is 4. The average Bonchev–Trinajstić information content (AvgIpc) is 3.80. The monoisotopic (exact) mass is 807 g/mol. The fourth-order valence-corrected chi connectivity index (χ4v) is 7.56. The first-order valence-corrected chi connectivity index (χ1v) is 20.5. The Kier molecular flexibility index (Phi) is 16.3. The molecule has 15 heteroatoms. The van der Waals surface area contributed by atoms with Crippen LogP contribution in [0.3, 0.4) is 0 Å². The van der Waals surface area contributed by atoms with Crippen molar-refractivity contribution in [1.82, 2.24) is 35.9 Å². The predicted octanol–water partition coefficient (Wildman–Crippen LogP) is 5.32. The van der Waals surface area contributed by atoms with Crippen molar-refractivity contribution < 1.29 is 33.8 Å². The molecular weight excluding hydrogens is 747 g/mol. The second-order valence-electron chi connectivity index (χ2n) is 16.1. The number of rotatable bonds is 19. The summed E-state index contributed by atoms with van der Waals surface area (Å²) in [4.78, 5) is 62.6. The van der Waals surface area contributed by atoms with Gasteiger partial charge in [-0.3, -0.25) is 15.0 Å². The van der Waals surface area contributed by atoms with Crippen LogP contribution >= 0.6 is 11.3 Å². The van der Waals surface area contributed by atoms with Crippen LogP contribution in [0.2, 0.25) is 0 Å². The second kappa shape index (κ2) is 20.6. The number of aliphatic hydroxyl groups excluding tert-OH is 1. The van der Waals surface area contributed by atoms with Crippen molar-refractivity contribution in [2.24, 2.45) is 11.3 Å². The van der Waals surface area contributed by atoms with Crippen molar-refractivity contribution in [3.05, 3.63) is 81.8 Å². The number of benzene rings is 2. The van der Waals surface area contributed by atoms with Crippen molar-refractivity contribution >= 4 is 35.3 Å². The number of nitrogens with zero attached hydrogens (tertiary/aromatic N) is 4. The Morgan fingerprint density at radius 1 is 0.965 bits per heavy atom. The molecular formula is C42H61N7O7S. The third kappa shape index (κ3) is 12.6. The van der Waals surface area contributed by atoms with Crippen LogP contribution in [-0.2, 0) is 33.8 Å². The summed E-state index contributed by atoms with van der Waals surface area (Å²) >= 11 is 1.58. The quantitative estimate of drug-likeness (QED) is 0.117. The minimum Gasteiger partial charge on any atom is -0.497 e. The summed E-state index contributed by atoms with van der Waals surface area (Å²) in [6.07, 6.45) is -1.02. The third-order valence-corrected chi connectivity index (χ3v) is 11.4. The lowest BCUT2D eigenvalue weighted by atomic mass is 9.86. The van der Waals surface area contributed by atoms with Gasteiger partial charge in [0.05, 0.1) is 43.6 Å². The van der Waals surface area contributed by atoms with Crippen LogP contribution in [0, 0.1) is 11.3 Å². The van der Waals surface area contributed by atoms with Crippen LogP contribution < -0.4 is 20.8 Å². The Bertz CT molecular complexity index is 1770. The van der Waals surface area contributed by atoms with Gasteiger partial charge < -0.3 is 35.0 Å². The van der Waals surface area contributed by atoms with Gasteiger partial charge in [-0.2, -0.15) is 0 Å². The molecule has 4 N–H and O–H groups in total. The van der Waals surface area contributed by atoms with E-state index in [4.69, 9.17) is 14.5 Å². The highest BCUT2D eigenvalue weighted by molar-refractivity contribution is 7.09. The number of aromatic nitrogens is 1. The van der Waals surface area contributed by atoms with E-state index >= 15 is 0 Å². The minimum atomic E-state index is -1.20. The van der Waals surface area contributed by atoms with E-state index in [1.54, 1.807) is 45.4 Å². The van der Waals surface area contributed by atoms with E-state index in [9.17, 15) is 24.3 Å². The van der Waals surface area contributed by atoms with E-state index in [0.29, 0.717) is 37.7 Å². The van der Waals surface area contributed by atoms with E-state index in [2.05, 4.69) is 29.9 Å². The molecule has 57 heavy (non-hydrogen) atoms. The van der Waals surface area contributed by atoms with Gasteiger partial charge in [0.25, 0.3) is 5.91 Å². The van der Waals surface area contributed by atoms with E-state index in [0.717, 1.165) is 21.8 Å². The first-order chi connectivity index (χ1) is 27.0. The van der Waals surface area contributed by atoms with Gasteiger partial charge >= 0.3 is 12.1 Å². The predicted molar refractivity (Wildman–Crippen MR) is 220 cm³/mol. The van der Waals surface area contributed by atoms with Gasteiger partial charge in [-0.05, 0) is 41.0 Å². The standard InChI is InChI=1S/C42H61N7O7S/c1-10-28(4)35(49-21-20-47(41(49)54)24-31-26-57-39(43-31)27(2)3)37(51)44-33(22-29-14-12-11-13-15-29)34(50)25-48(23-30-16-18-32(55-8)19-17-30)46-38(52)36(42(5,6)7)45-40(53)56-9/h11-19,26-28,33-36,50H,10,20-25H2,1-9H3,(H,44,51)(H,45,53)(H,46,52). The summed E-state index contributed by atoms with van der Waals surface area (Å²) in [5.41, 5.74) is 4.75. The highest BCUT2D eigenvalue weighted by Gasteiger charge is 2.41. The lowest BCUT2D eigenvalue weighted by Gasteiger charge is -2.36. The number of ether oxygens (including phenoxy) is 2. The number of carbonyl (C=O) groups is 4. The maximum absolute atomic E-state index is 14.5. The third-order valence-electron chi connectivity index (χ3n) is 10.2. The van der Waals surface area contributed by atoms with Gasteiger partial charge in [0.15, 0.2) is 0 Å². The van der Waals surface area contributed by atoms with Gasteiger partial charge in [0.2, 0.25) is 5.91 Å². The molecule has 0 radical (unpaired) electrons. The topological polar surface area (TPSA) is 166 Å². The second-order valence-corrected chi connectivity index (χ2v) is 17.0. The number of amides is 5. The molecule has 0 bridgehead atoms. The van der Waals surface area contributed by atoms with E-state index in [1.165, 1.54) is 7.11 Å². The normalized spacial score (nSPS) is 15.9. The minimum absolute atomic E-state index is 0.0962. The molecule has 4 rings (SSSR count). The maximum Gasteiger partial charge on any atom is 0.407 e. The Hall–Kier alpha value is -4.73. The van der Waals surface area contributed by atoms with Crippen LogP contribution in [0.25, 0.3) is 0 Å². The molecule has 14 nitrogen and oxygen atoms in total. The summed E-state index contributed by atoms with van der Waals surface area (Å²) in [7, 11) is 2.80.